The summed E-state index contributed by atoms with van der Waals surface area (Å²) in [6.07, 6.45) is 1.84. The monoisotopic (exact) mass is 370 g/mol. The average Bonchev–Trinajstić information content (AvgIpc) is 3.33. The molecule has 0 aliphatic carbocycles. The molecule has 2 heterocycles. The summed E-state index contributed by atoms with van der Waals surface area (Å²) < 4.78 is 0. The molecule has 0 saturated heterocycles. The van der Waals surface area contributed by atoms with Crippen molar-refractivity contribution in [2.45, 2.75) is 19.8 Å². The zero-order valence-electron chi connectivity index (χ0n) is 15.3. The number of rotatable bonds is 4. The van der Waals surface area contributed by atoms with Crippen LogP contribution in [0.3, 0.4) is 0 Å². The fraction of sp³-hybridized carbons (Fsp3) is 0.143. The van der Waals surface area contributed by atoms with E-state index in [0.29, 0.717) is 11.4 Å². The first-order valence-corrected chi connectivity index (χ1v) is 9.24. The van der Waals surface area contributed by atoms with Gasteiger partial charge in [0.25, 0.3) is 0 Å². The summed E-state index contributed by atoms with van der Waals surface area (Å²) in [5, 5.41) is 29.1. The third-order valence-corrected chi connectivity index (χ3v) is 4.67. The molecule has 0 spiro atoms. The largest absolute Gasteiger partial charge is 0.504 e. The number of aryl methyl sites for hydroxylation is 1. The topological polar surface area (TPSA) is 81.6 Å². The predicted molar refractivity (Wildman–Crippen MR) is 107 cm³/mol. The van der Waals surface area contributed by atoms with Crippen LogP contribution in [-0.2, 0) is 6.42 Å². The number of aromatic hydroxyl groups is 1. The number of aromatic nitrogens is 6. The summed E-state index contributed by atoms with van der Waals surface area (Å²) in [4.78, 5) is 2.96. The second kappa shape index (κ2) is 6.45. The normalized spacial score (nSPS) is 11.5. The van der Waals surface area contributed by atoms with Crippen LogP contribution < -0.4 is 0 Å². The van der Waals surface area contributed by atoms with Crippen LogP contribution in [0.25, 0.3) is 33.4 Å². The summed E-state index contributed by atoms with van der Waals surface area (Å²) in [5.41, 5.74) is 5.17. The molecular formula is C21H18N6O. The number of fused-ring (bicyclic) bond motifs is 2. The number of hydrogen-bond donors (Lipinski definition) is 1. The molecule has 0 fully saturated rings. The highest BCUT2D eigenvalue weighted by Gasteiger charge is 2.17. The first-order valence-electron chi connectivity index (χ1n) is 9.24. The van der Waals surface area contributed by atoms with Gasteiger partial charge in [-0.2, -0.15) is 0 Å². The summed E-state index contributed by atoms with van der Waals surface area (Å²) in [6.45, 7) is 2.12. The highest BCUT2D eigenvalue weighted by atomic mass is 16.3. The summed E-state index contributed by atoms with van der Waals surface area (Å²) in [6, 6.07) is 19.1. The van der Waals surface area contributed by atoms with Gasteiger partial charge in [-0.05, 0) is 48.4 Å². The number of phenolic OH excluding ortho intramolecular Hbond substituents is 1. The van der Waals surface area contributed by atoms with Gasteiger partial charge >= 0.3 is 0 Å². The maximum atomic E-state index is 11.0. The fourth-order valence-electron chi connectivity index (χ4n) is 3.33. The number of benzene rings is 3. The smallest absolute Gasteiger partial charge is 0.171 e. The van der Waals surface area contributed by atoms with Crippen LogP contribution >= 0.6 is 0 Å². The van der Waals surface area contributed by atoms with Crippen LogP contribution in [0, 0.1) is 0 Å². The summed E-state index contributed by atoms with van der Waals surface area (Å²) in [7, 11) is 0. The molecule has 0 radical (unpaired) electrons. The third-order valence-electron chi connectivity index (χ3n) is 4.67. The molecule has 3 aromatic carbocycles. The molecule has 5 rings (SSSR count). The van der Waals surface area contributed by atoms with Crippen LogP contribution in [0.15, 0.2) is 60.7 Å². The highest BCUT2D eigenvalue weighted by Crippen LogP contribution is 2.31. The van der Waals surface area contributed by atoms with E-state index in [1.807, 2.05) is 60.7 Å². The molecule has 0 unspecified atom stereocenters. The second-order valence-corrected chi connectivity index (χ2v) is 6.69. The van der Waals surface area contributed by atoms with Crippen molar-refractivity contribution in [1.29, 1.82) is 0 Å². The van der Waals surface area contributed by atoms with E-state index in [9.17, 15) is 5.11 Å². The van der Waals surface area contributed by atoms with E-state index in [4.69, 9.17) is 0 Å². The Balaban J connectivity index is 1.72. The Hall–Kier alpha value is -3.74. The Bertz CT molecular complexity index is 1140. The highest BCUT2D eigenvalue weighted by molar-refractivity contribution is 5.75. The van der Waals surface area contributed by atoms with Crippen molar-refractivity contribution in [2.24, 2.45) is 0 Å². The van der Waals surface area contributed by atoms with Gasteiger partial charge in [0.1, 0.15) is 33.4 Å². The quantitative estimate of drug-likeness (QED) is 0.520. The summed E-state index contributed by atoms with van der Waals surface area (Å²) >= 11 is 0. The van der Waals surface area contributed by atoms with Crippen molar-refractivity contribution in [3.05, 3.63) is 66.2 Å². The van der Waals surface area contributed by atoms with Crippen LogP contribution in [0.4, 0.5) is 0 Å². The minimum Gasteiger partial charge on any atom is -0.504 e. The molecule has 1 N–H and O–H groups in total. The zero-order valence-corrected chi connectivity index (χ0v) is 15.3. The van der Waals surface area contributed by atoms with Crippen LogP contribution in [0.1, 0.15) is 18.9 Å². The lowest BCUT2D eigenvalue weighted by molar-refractivity contribution is 0.460. The van der Waals surface area contributed by atoms with E-state index >= 15 is 0 Å². The predicted octanol–water partition coefficient (Wildman–Crippen LogP) is 3.81. The molecule has 0 bridgehead atoms. The van der Waals surface area contributed by atoms with Gasteiger partial charge in [-0.1, -0.05) is 37.6 Å². The molecule has 2 aromatic heterocycles. The molecule has 0 aliphatic rings. The molecule has 28 heavy (non-hydrogen) atoms. The van der Waals surface area contributed by atoms with Gasteiger partial charge in [-0.15, -0.1) is 30.0 Å². The Morgan fingerprint density at radius 3 is 1.46 bits per heavy atom. The van der Waals surface area contributed by atoms with Gasteiger partial charge < -0.3 is 5.11 Å². The van der Waals surface area contributed by atoms with Crippen LogP contribution in [-0.4, -0.2) is 35.1 Å². The summed E-state index contributed by atoms with van der Waals surface area (Å²) in [5.74, 6) is 0.0421. The molecule has 0 saturated carbocycles. The molecule has 0 aliphatic heterocycles. The molecule has 5 aromatic rings. The minimum atomic E-state index is 0.0421. The average molecular weight is 370 g/mol. The van der Waals surface area contributed by atoms with Crippen LogP contribution in [0.2, 0.25) is 0 Å². The van der Waals surface area contributed by atoms with Crippen LogP contribution in [0.5, 0.6) is 5.75 Å². The third kappa shape index (κ3) is 2.68. The fourth-order valence-corrected chi connectivity index (χ4v) is 3.33. The molecule has 0 atom stereocenters. The standard InChI is InChI=1S/C21H18N6O/c1-2-7-14-12-19(26-22-15-8-3-4-9-16(15)23-26)21(28)20(13-14)27-24-17-10-5-6-11-18(17)25-27/h3-6,8-13,28H,2,7H2,1H3. The first kappa shape index (κ1) is 16.4. The van der Waals surface area contributed by atoms with E-state index in [1.165, 1.54) is 9.59 Å². The van der Waals surface area contributed by atoms with E-state index in [2.05, 4.69) is 27.3 Å². The molecule has 7 heteroatoms. The Morgan fingerprint density at radius 1 is 0.714 bits per heavy atom. The Morgan fingerprint density at radius 2 is 1.11 bits per heavy atom. The van der Waals surface area contributed by atoms with Crippen molar-refractivity contribution in [3.63, 3.8) is 0 Å². The van der Waals surface area contributed by atoms with Gasteiger partial charge in [0.2, 0.25) is 0 Å². The minimum absolute atomic E-state index is 0.0421. The van der Waals surface area contributed by atoms with Crippen molar-refractivity contribution in [2.75, 3.05) is 0 Å². The molecule has 0 amide bonds. The van der Waals surface area contributed by atoms with Crippen molar-refractivity contribution < 1.29 is 5.11 Å². The number of phenols is 1. The maximum absolute atomic E-state index is 11.0. The lowest BCUT2D eigenvalue weighted by atomic mass is 10.1. The van der Waals surface area contributed by atoms with Crippen molar-refractivity contribution in [1.82, 2.24) is 30.0 Å². The second-order valence-electron chi connectivity index (χ2n) is 6.69. The van der Waals surface area contributed by atoms with E-state index in [-0.39, 0.29) is 5.75 Å². The Labute approximate surface area is 160 Å². The molecular weight excluding hydrogens is 352 g/mol. The molecule has 138 valence electrons. The molecule has 7 nitrogen and oxygen atoms in total. The van der Waals surface area contributed by atoms with E-state index in [0.717, 1.165) is 40.5 Å². The van der Waals surface area contributed by atoms with Crippen molar-refractivity contribution in [3.8, 4) is 17.1 Å². The van der Waals surface area contributed by atoms with Gasteiger partial charge in [0.15, 0.2) is 5.75 Å². The lowest BCUT2D eigenvalue weighted by Crippen LogP contribution is -2.06. The first-order chi connectivity index (χ1) is 13.7. The maximum Gasteiger partial charge on any atom is 0.171 e. The van der Waals surface area contributed by atoms with E-state index < -0.39 is 0 Å². The van der Waals surface area contributed by atoms with Gasteiger partial charge in [0, 0.05) is 0 Å². The lowest BCUT2D eigenvalue weighted by Gasteiger charge is -2.11. The zero-order chi connectivity index (χ0) is 19.1. The van der Waals surface area contributed by atoms with E-state index in [1.54, 1.807) is 0 Å². The van der Waals surface area contributed by atoms with Gasteiger partial charge in [-0.3, -0.25) is 0 Å². The van der Waals surface area contributed by atoms with Gasteiger partial charge in [-0.25, -0.2) is 0 Å². The SMILES string of the molecule is CCCc1cc(-n2nc3ccccc3n2)c(O)c(-n2nc3ccccc3n2)c1. The van der Waals surface area contributed by atoms with Gasteiger partial charge in [0.05, 0.1) is 0 Å². The Kier molecular flexibility index (Phi) is 3.79. The number of hydrogen-bond acceptors (Lipinski definition) is 5. The number of nitrogens with zero attached hydrogens (tertiary/aromatic N) is 6. The van der Waals surface area contributed by atoms with Crippen molar-refractivity contribution >= 4 is 22.1 Å².